The molecule has 0 aliphatic carbocycles. The van der Waals surface area contributed by atoms with Crippen molar-refractivity contribution in [2.45, 2.75) is 19.8 Å². The summed E-state index contributed by atoms with van der Waals surface area (Å²) in [7, 11) is 0. The van der Waals surface area contributed by atoms with Crippen LogP contribution in [0.4, 0.5) is 5.69 Å². The van der Waals surface area contributed by atoms with Crippen LogP contribution >= 0.6 is 0 Å². The molecule has 0 atom stereocenters. The first kappa shape index (κ1) is 13.0. The van der Waals surface area contributed by atoms with E-state index < -0.39 is 0 Å². The fourth-order valence-electron chi connectivity index (χ4n) is 1.17. The molecule has 88 valence electrons. The fourth-order valence-corrected chi connectivity index (χ4v) is 1.17. The fraction of sp³-hybridized carbons (Fsp3) is 0.286. The maximum atomic E-state index is 11.1. The third-order valence-corrected chi connectivity index (χ3v) is 2.10. The maximum Gasteiger partial charge on any atom is 0.340 e. The number of hydrogen-bond donors (Lipinski definition) is 1. The van der Waals surface area contributed by atoms with Crippen molar-refractivity contribution in [3.63, 3.8) is 0 Å². The lowest BCUT2D eigenvalue weighted by molar-refractivity contribution is -0.117. The van der Waals surface area contributed by atoms with E-state index in [4.69, 9.17) is 0 Å². The molecular formula is C14H17N2O+. The quantitative estimate of drug-likeness (QED) is 0.624. The van der Waals surface area contributed by atoms with Gasteiger partial charge in [0.15, 0.2) is 0 Å². The van der Waals surface area contributed by atoms with Crippen molar-refractivity contribution >= 4 is 11.6 Å². The van der Waals surface area contributed by atoms with Crippen LogP contribution in [0.25, 0.3) is 4.85 Å². The first-order valence-electron chi connectivity index (χ1n) is 5.62. The Labute approximate surface area is 102 Å². The largest absolute Gasteiger partial charge is 0.352 e. The summed E-state index contributed by atoms with van der Waals surface area (Å²) in [5.74, 6) is -0.0926. The number of hydrogen-bond acceptors (Lipinski definition) is 1. The highest BCUT2D eigenvalue weighted by Crippen LogP contribution is 2.09. The van der Waals surface area contributed by atoms with Crippen molar-refractivity contribution in [1.29, 1.82) is 0 Å². The third-order valence-electron chi connectivity index (χ3n) is 2.10. The van der Waals surface area contributed by atoms with Crippen LogP contribution in [0, 0.1) is 6.07 Å². The van der Waals surface area contributed by atoms with E-state index >= 15 is 0 Å². The molecule has 0 fully saturated rings. The molecule has 1 amide bonds. The van der Waals surface area contributed by atoms with E-state index in [0.29, 0.717) is 12.1 Å². The van der Waals surface area contributed by atoms with Gasteiger partial charge in [-0.05, 0) is 18.2 Å². The number of benzene rings is 1. The second-order valence-corrected chi connectivity index (χ2v) is 3.75. The minimum Gasteiger partial charge on any atom is -0.352 e. The summed E-state index contributed by atoms with van der Waals surface area (Å²) in [6, 6.07) is 12.6. The Hall–Kier alpha value is -2.08. The second kappa shape index (κ2) is 7.24. The number of unbranched alkanes of at least 4 members (excludes halogenated alkanes) is 1. The Morgan fingerprint density at radius 3 is 2.76 bits per heavy atom. The first-order valence-corrected chi connectivity index (χ1v) is 5.62. The molecule has 0 bridgehead atoms. The highest BCUT2D eigenvalue weighted by Gasteiger charge is 2.00. The van der Waals surface area contributed by atoms with Crippen LogP contribution in [0.5, 0.6) is 0 Å². The maximum absolute atomic E-state index is 11.1. The minimum absolute atomic E-state index is 0.0926. The number of carbonyl (C=O) groups excluding carboxylic acids is 1. The molecule has 0 radical (unpaired) electrons. The Morgan fingerprint density at radius 1 is 1.41 bits per heavy atom. The monoisotopic (exact) mass is 229 g/mol. The van der Waals surface area contributed by atoms with Crippen LogP contribution in [0.3, 0.4) is 0 Å². The van der Waals surface area contributed by atoms with E-state index in [2.05, 4.69) is 22.8 Å². The van der Waals surface area contributed by atoms with Gasteiger partial charge in [0.05, 0.1) is 6.42 Å². The summed E-state index contributed by atoms with van der Waals surface area (Å²) in [5, 5.41) is 2.76. The van der Waals surface area contributed by atoms with Crippen molar-refractivity contribution in [2.75, 3.05) is 6.54 Å². The van der Waals surface area contributed by atoms with E-state index in [1.54, 1.807) is 6.92 Å². The average Bonchev–Trinajstić information content (AvgIpc) is 2.34. The van der Waals surface area contributed by atoms with Gasteiger partial charge in [0.25, 0.3) is 6.07 Å². The molecule has 0 heterocycles. The zero-order valence-corrected chi connectivity index (χ0v) is 10.1. The van der Waals surface area contributed by atoms with E-state index in [1.165, 1.54) is 0 Å². The molecule has 0 aromatic heterocycles. The number of amides is 1. The molecule has 0 spiro atoms. The standard InChI is InChI=1S/C14H16N2O/c1-12(2)14(17)16-11-7-6-10-15-13-8-4-3-5-9-13/h3-5,8-9H,1,6-7,11H2,2H3/p+1. The van der Waals surface area contributed by atoms with Gasteiger partial charge in [-0.3, -0.25) is 4.79 Å². The smallest absolute Gasteiger partial charge is 0.340 e. The second-order valence-electron chi connectivity index (χ2n) is 3.75. The number of nitrogens with one attached hydrogen (secondary N) is 1. The lowest BCUT2D eigenvalue weighted by Gasteiger charge is -2.00. The van der Waals surface area contributed by atoms with E-state index in [0.717, 1.165) is 18.5 Å². The van der Waals surface area contributed by atoms with Crippen molar-refractivity contribution in [3.8, 4) is 6.07 Å². The molecule has 1 rings (SSSR count). The zero-order valence-electron chi connectivity index (χ0n) is 10.1. The molecule has 3 heteroatoms. The molecule has 1 aromatic carbocycles. The normalized spacial score (nSPS) is 9.00. The summed E-state index contributed by atoms with van der Waals surface area (Å²) in [4.78, 5) is 15.3. The Bertz CT molecular complexity index is 440. The van der Waals surface area contributed by atoms with Gasteiger partial charge in [0, 0.05) is 24.3 Å². The van der Waals surface area contributed by atoms with Crippen LogP contribution in [0.1, 0.15) is 19.8 Å². The molecule has 0 saturated carbocycles. The van der Waals surface area contributed by atoms with E-state index in [9.17, 15) is 4.79 Å². The van der Waals surface area contributed by atoms with Crippen molar-refractivity contribution in [3.05, 3.63) is 47.3 Å². The van der Waals surface area contributed by atoms with Gasteiger partial charge < -0.3 is 5.32 Å². The number of para-hydroxylation sites is 1. The average molecular weight is 229 g/mol. The van der Waals surface area contributed by atoms with Gasteiger partial charge in [-0.2, -0.15) is 0 Å². The third kappa shape index (κ3) is 5.53. The Kier molecular flexibility index (Phi) is 5.53. The van der Waals surface area contributed by atoms with Crippen molar-refractivity contribution in [2.24, 2.45) is 0 Å². The lowest BCUT2D eigenvalue weighted by Crippen LogP contribution is -2.24. The van der Waals surface area contributed by atoms with Gasteiger partial charge in [-0.25, -0.2) is 0 Å². The topological polar surface area (TPSA) is 33.5 Å². The molecule has 1 N–H and O–H groups in total. The van der Waals surface area contributed by atoms with Crippen LogP contribution in [-0.2, 0) is 4.79 Å². The van der Waals surface area contributed by atoms with Crippen LogP contribution in [-0.4, -0.2) is 12.5 Å². The molecule has 0 aliphatic rings. The molecule has 1 aromatic rings. The summed E-state index contributed by atoms with van der Waals surface area (Å²) < 4.78 is 0. The number of rotatable bonds is 4. The lowest BCUT2D eigenvalue weighted by atomic mass is 10.3. The summed E-state index contributed by atoms with van der Waals surface area (Å²) in [6.45, 7) is 5.88. The Morgan fingerprint density at radius 2 is 2.12 bits per heavy atom. The van der Waals surface area contributed by atoms with Gasteiger partial charge in [-0.15, -0.1) is 0 Å². The number of carbonyl (C=O) groups is 1. The SMILES string of the molecule is C=C(C)C(=O)NCCCC#[N+]c1ccccc1. The summed E-state index contributed by atoms with van der Waals surface area (Å²) >= 11 is 0. The van der Waals surface area contributed by atoms with Crippen molar-refractivity contribution < 1.29 is 4.79 Å². The van der Waals surface area contributed by atoms with Crippen molar-refractivity contribution in [1.82, 2.24) is 5.32 Å². The molecule has 0 aliphatic heterocycles. The van der Waals surface area contributed by atoms with Crippen LogP contribution in [0.15, 0.2) is 42.5 Å². The van der Waals surface area contributed by atoms with E-state index in [1.807, 2.05) is 30.3 Å². The first-order chi connectivity index (χ1) is 8.20. The highest BCUT2D eigenvalue weighted by molar-refractivity contribution is 5.91. The summed E-state index contributed by atoms with van der Waals surface area (Å²) in [5.41, 5.74) is 1.44. The summed E-state index contributed by atoms with van der Waals surface area (Å²) in [6.07, 6.45) is 1.56. The molecule has 17 heavy (non-hydrogen) atoms. The number of nitrogens with zero attached hydrogens (tertiary/aromatic N) is 1. The molecule has 3 nitrogen and oxygen atoms in total. The molecule has 0 saturated heterocycles. The van der Waals surface area contributed by atoms with Gasteiger partial charge >= 0.3 is 5.69 Å². The predicted octanol–water partition coefficient (Wildman–Crippen LogP) is 3.12. The van der Waals surface area contributed by atoms with Gasteiger partial charge in [-0.1, -0.05) is 24.8 Å². The highest BCUT2D eigenvalue weighted by atomic mass is 16.1. The molecule has 0 unspecified atom stereocenters. The van der Waals surface area contributed by atoms with E-state index in [-0.39, 0.29) is 5.91 Å². The van der Waals surface area contributed by atoms with Gasteiger partial charge in [0.2, 0.25) is 5.91 Å². The zero-order chi connectivity index (χ0) is 12.5. The predicted molar refractivity (Wildman–Crippen MR) is 70.4 cm³/mol. The minimum atomic E-state index is -0.0926. The van der Waals surface area contributed by atoms with Crippen LogP contribution < -0.4 is 5.32 Å². The van der Waals surface area contributed by atoms with Gasteiger partial charge in [0.1, 0.15) is 0 Å². The molecular weight excluding hydrogens is 212 g/mol. The Balaban J connectivity index is 2.19. The van der Waals surface area contributed by atoms with Crippen LogP contribution in [0.2, 0.25) is 0 Å².